The summed E-state index contributed by atoms with van der Waals surface area (Å²) in [6.07, 6.45) is 1.65. The molecule has 5 heteroatoms. The molecular weight excluding hydrogens is 426 g/mol. The van der Waals surface area contributed by atoms with E-state index < -0.39 is 5.91 Å². The molecule has 0 atom stereocenters. The van der Waals surface area contributed by atoms with E-state index >= 15 is 0 Å². The quantitative estimate of drug-likeness (QED) is 0.392. The Morgan fingerprint density at radius 1 is 1.03 bits per heavy atom. The Bertz CT molecular complexity index is 1150. The van der Waals surface area contributed by atoms with Crippen molar-refractivity contribution in [3.05, 3.63) is 86.7 Å². The van der Waals surface area contributed by atoms with Crippen LogP contribution in [0.15, 0.2) is 58.6 Å². The number of carbonyl (C=O) groups is 1. The molecule has 4 nitrogen and oxygen atoms in total. The van der Waals surface area contributed by atoms with Crippen molar-refractivity contribution < 1.29 is 4.79 Å². The average molecular weight is 448 g/mol. The van der Waals surface area contributed by atoms with Crippen molar-refractivity contribution in [2.24, 2.45) is 0 Å². The number of carbonyl (C=O) groups excluding carboxylic acids is 1. The van der Waals surface area contributed by atoms with E-state index in [1.54, 1.807) is 6.08 Å². The van der Waals surface area contributed by atoms with Crippen LogP contribution in [0.5, 0.6) is 0 Å². The predicted molar refractivity (Wildman–Crippen MR) is 121 cm³/mol. The molecule has 0 aliphatic rings. The third kappa shape index (κ3) is 4.49. The number of hydrogen-bond acceptors (Lipinski definition) is 2. The summed E-state index contributed by atoms with van der Waals surface area (Å²) in [6.45, 7) is 8.00. The van der Waals surface area contributed by atoms with Crippen LogP contribution in [-0.2, 0) is 4.79 Å². The van der Waals surface area contributed by atoms with Crippen LogP contribution in [0.1, 0.15) is 28.1 Å². The summed E-state index contributed by atoms with van der Waals surface area (Å²) in [5.41, 5.74) is 6.86. The molecular formula is C24H22BrN3O. The smallest absolute Gasteiger partial charge is 0.266 e. The van der Waals surface area contributed by atoms with Gasteiger partial charge in [0.1, 0.15) is 11.6 Å². The van der Waals surface area contributed by atoms with Gasteiger partial charge in [0.2, 0.25) is 0 Å². The number of benzene rings is 2. The molecule has 2 aromatic carbocycles. The van der Waals surface area contributed by atoms with E-state index in [4.69, 9.17) is 0 Å². The van der Waals surface area contributed by atoms with Crippen LogP contribution in [0.25, 0.3) is 11.8 Å². The van der Waals surface area contributed by atoms with Gasteiger partial charge >= 0.3 is 0 Å². The zero-order chi connectivity index (χ0) is 21.1. The average Bonchev–Trinajstić information content (AvgIpc) is 2.96. The maximum absolute atomic E-state index is 12.6. The second kappa shape index (κ2) is 8.50. The van der Waals surface area contributed by atoms with Crippen LogP contribution < -0.4 is 5.32 Å². The molecule has 0 saturated carbocycles. The Hall–Kier alpha value is -3.10. The summed E-state index contributed by atoms with van der Waals surface area (Å²) in [5.74, 6) is -0.413. The first kappa shape index (κ1) is 20.6. The number of rotatable bonds is 4. The van der Waals surface area contributed by atoms with Gasteiger partial charge in [-0.25, -0.2) is 0 Å². The number of aryl methyl sites for hydroxylation is 3. The fourth-order valence-electron chi connectivity index (χ4n) is 3.24. The second-order valence-electron chi connectivity index (χ2n) is 7.06. The SMILES string of the molecule is Cc1ccc(NC(=O)/C(C#N)=C\c2cc(C)n(-c3ccc(Br)cc3)c2C)cc1C. The number of hydrogen-bond donors (Lipinski definition) is 1. The third-order valence-corrected chi connectivity index (χ3v) is 5.51. The van der Waals surface area contributed by atoms with Crippen molar-refractivity contribution in [3.63, 3.8) is 0 Å². The fourth-order valence-corrected chi connectivity index (χ4v) is 3.51. The van der Waals surface area contributed by atoms with Crippen molar-refractivity contribution in [2.75, 3.05) is 5.32 Å². The van der Waals surface area contributed by atoms with E-state index in [1.165, 1.54) is 0 Å². The number of nitrogens with zero attached hydrogens (tertiary/aromatic N) is 2. The maximum Gasteiger partial charge on any atom is 0.266 e. The Kier molecular flexibility index (Phi) is 6.05. The zero-order valence-corrected chi connectivity index (χ0v) is 18.5. The van der Waals surface area contributed by atoms with E-state index in [2.05, 4.69) is 25.8 Å². The van der Waals surface area contributed by atoms with Crippen LogP contribution in [0.3, 0.4) is 0 Å². The van der Waals surface area contributed by atoms with Gasteiger partial charge < -0.3 is 9.88 Å². The number of nitrogens with one attached hydrogen (secondary N) is 1. The van der Waals surface area contributed by atoms with E-state index in [9.17, 15) is 10.1 Å². The highest BCUT2D eigenvalue weighted by molar-refractivity contribution is 9.10. The standard InChI is InChI=1S/C24H22BrN3O/c1-15-5-8-22(11-16(15)2)27-24(29)20(14-26)13-19-12-17(3)28(18(19)4)23-9-6-21(25)7-10-23/h5-13H,1-4H3,(H,27,29)/b20-13-. The van der Waals surface area contributed by atoms with Crippen molar-refractivity contribution in [3.8, 4) is 11.8 Å². The molecule has 1 aromatic heterocycles. The lowest BCUT2D eigenvalue weighted by molar-refractivity contribution is -0.112. The molecule has 0 saturated heterocycles. The van der Waals surface area contributed by atoms with Gasteiger partial charge in [0, 0.05) is 27.2 Å². The fraction of sp³-hybridized carbons (Fsp3) is 0.167. The number of anilines is 1. The molecule has 0 bridgehead atoms. The molecule has 1 N–H and O–H groups in total. The van der Waals surface area contributed by atoms with Gasteiger partial charge in [-0.2, -0.15) is 5.26 Å². The van der Waals surface area contributed by atoms with Crippen LogP contribution in [0, 0.1) is 39.0 Å². The minimum absolute atomic E-state index is 0.0688. The Morgan fingerprint density at radius 2 is 1.72 bits per heavy atom. The highest BCUT2D eigenvalue weighted by Crippen LogP contribution is 2.24. The van der Waals surface area contributed by atoms with Crippen molar-refractivity contribution in [1.82, 2.24) is 4.57 Å². The van der Waals surface area contributed by atoms with Gasteiger partial charge in [-0.05, 0) is 92.9 Å². The Labute approximate surface area is 179 Å². The summed E-state index contributed by atoms with van der Waals surface area (Å²) in [6, 6.07) is 17.7. The maximum atomic E-state index is 12.6. The van der Waals surface area contributed by atoms with E-state index in [1.807, 2.05) is 82.3 Å². The van der Waals surface area contributed by atoms with Gasteiger partial charge in [-0.15, -0.1) is 0 Å². The first-order valence-electron chi connectivity index (χ1n) is 9.25. The second-order valence-corrected chi connectivity index (χ2v) is 7.98. The molecule has 0 fully saturated rings. The molecule has 3 rings (SSSR count). The van der Waals surface area contributed by atoms with Crippen molar-refractivity contribution in [2.45, 2.75) is 27.7 Å². The molecule has 0 aliphatic heterocycles. The number of aromatic nitrogens is 1. The van der Waals surface area contributed by atoms with Gasteiger partial charge in [-0.1, -0.05) is 22.0 Å². The highest BCUT2D eigenvalue weighted by atomic mass is 79.9. The minimum atomic E-state index is -0.413. The van der Waals surface area contributed by atoms with Crippen molar-refractivity contribution >= 4 is 33.6 Å². The molecule has 29 heavy (non-hydrogen) atoms. The normalized spacial score (nSPS) is 11.2. The number of halogens is 1. The van der Waals surface area contributed by atoms with Crippen LogP contribution >= 0.6 is 15.9 Å². The van der Waals surface area contributed by atoms with Gasteiger partial charge in [-0.3, -0.25) is 4.79 Å². The van der Waals surface area contributed by atoms with E-state index in [0.29, 0.717) is 5.69 Å². The highest BCUT2D eigenvalue weighted by Gasteiger charge is 2.14. The first-order valence-corrected chi connectivity index (χ1v) is 10.0. The summed E-state index contributed by atoms with van der Waals surface area (Å²) in [5, 5.41) is 12.4. The van der Waals surface area contributed by atoms with Crippen LogP contribution in [0.4, 0.5) is 5.69 Å². The summed E-state index contributed by atoms with van der Waals surface area (Å²) in [7, 11) is 0. The molecule has 1 amide bonds. The van der Waals surface area contributed by atoms with Gasteiger partial charge in [0.15, 0.2) is 0 Å². The minimum Gasteiger partial charge on any atom is -0.321 e. The lowest BCUT2D eigenvalue weighted by atomic mass is 10.1. The zero-order valence-electron chi connectivity index (χ0n) is 16.9. The largest absolute Gasteiger partial charge is 0.321 e. The third-order valence-electron chi connectivity index (χ3n) is 4.98. The summed E-state index contributed by atoms with van der Waals surface area (Å²) < 4.78 is 3.12. The van der Waals surface area contributed by atoms with Crippen LogP contribution in [0.2, 0.25) is 0 Å². The molecule has 0 radical (unpaired) electrons. The predicted octanol–water partition coefficient (Wildman–Crippen LogP) is 6.02. The van der Waals surface area contributed by atoms with Crippen LogP contribution in [-0.4, -0.2) is 10.5 Å². The van der Waals surface area contributed by atoms with Gasteiger partial charge in [0.05, 0.1) is 0 Å². The van der Waals surface area contributed by atoms with Gasteiger partial charge in [0.25, 0.3) is 5.91 Å². The molecule has 0 spiro atoms. The van der Waals surface area contributed by atoms with Crippen molar-refractivity contribution in [1.29, 1.82) is 5.26 Å². The topological polar surface area (TPSA) is 57.8 Å². The Balaban J connectivity index is 1.92. The molecule has 3 aromatic rings. The molecule has 0 unspecified atom stereocenters. The lowest BCUT2D eigenvalue weighted by Gasteiger charge is -2.10. The number of nitriles is 1. The summed E-state index contributed by atoms with van der Waals surface area (Å²) >= 11 is 3.45. The number of amides is 1. The molecule has 0 aliphatic carbocycles. The summed E-state index contributed by atoms with van der Waals surface area (Å²) in [4.78, 5) is 12.6. The lowest BCUT2D eigenvalue weighted by Crippen LogP contribution is -2.13. The van der Waals surface area contributed by atoms with E-state index in [-0.39, 0.29) is 5.57 Å². The monoisotopic (exact) mass is 447 g/mol. The molecule has 1 heterocycles. The molecule has 146 valence electrons. The Morgan fingerprint density at radius 3 is 2.34 bits per heavy atom. The van der Waals surface area contributed by atoms with E-state index in [0.717, 1.165) is 38.2 Å². The first-order chi connectivity index (χ1) is 13.8.